The average molecular weight is 519 g/mol. The van der Waals surface area contributed by atoms with Crippen molar-refractivity contribution in [1.82, 2.24) is 14.3 Å². The number of anilines is 1. The first-order valence-corrected chi connectivity index (χ1v) is 13.7. The Bertz CT molecular complexity index is 1390. The maximum Gasteiger partial charge on any atom is 0.267 e. The smallest absolute Gasteiger partial charge is 0.267 e. The Balaban J connectivity index is 1.46. The van der Waals surface area contributed by atoms with E-state index in [2.05, 4.69) is 24.0 Å². The van der Waals surface area contributed by atoms with Crippen molar-refractivity contribution in [3.8, 4) is 0 Å². The number of carbonyl (C=O) groups excluding carboxylic acids is 1. The second kappa shape index (κ2) is 10.6. The van der Waals surface area contributed by atoms with Gasteiger partial charge in [0.2, 0.25) is 0 Å². The molecule has 2 saturated heterocycles. The molecule has 0 atom stereocenters. The lowest BCUT2D eigenvalue weighted by atomic mass is 9.99. The molecule has 2 aliphatic rings. The zero-order valence-electron chi connectivity index (χ0n) is 20.6. The van der Waals surface area contributed by atoms with Crippen LogP contribution in [-0.4, -0.2) is 44.1 Å². The van der Waals surface area contributed by atoms with Gasteiger partial charge in [-0.3, -0.25) is 18.9 Å². The minimum absolute atomic E-state index is 0.134. The fourth-order valence-corrected chi connectivity index (χ4v) is 6.03. The van der Waals surface area contributed by atoms with Gasteiger partial charge in [0.15, 0.2) is 0 Å². The Hall–Kier alpha value is -2.97. The van der Waals surface area contributed by atoms with Crippen LogP contribution in [0.5, 0.6) is 0 Å². The van der Waals surface area contributed by atoms with Crippen LogP contribution >= 0.6 is 24.0 Å². The normalized spacial score (nSPS) is 18.1. The van der Waals surface area contributed by atoms with Gasteiger partial charge in [-0.2, -0.15) is 0 Å². The third kappa shape index (κ3) is 5.11. The van der Waals surface area contributed by atoms with Crippen LogP contribution in [-0.2, 0) is 11.2 Å². The molecule has 0 bridgehead atoms. The summed E-state index contributed by atoms with van der Waals surface area (Å²) in [7, 11) is 0. The fraction of sp³-hybridized carbons (Fsp3) is 0.357. The SMILES string of the molecule is Cc1ccc2nc(N3CCC(C)CC3)c(C=C3SC(=S)N(CCCc4ccccc4)C3=O)c(=O)n2c1. The summed E-state index contributed by atoms with van der Waals surface area (Å²) in [4.78, 5) is 36.2. The molecule has 186 valence electrons. The summed E-state index contributed by atoms with van der Waals surface area (Å²) >= 11 is 6.83. The first-order chi connectivity index (χ1) is 17.4. The van der Waals surface area contributed by atoms with E-state index in [1.165, 1.54) is 17.3 Å². The number of hydrogen-bond acceptors (Lipinski definition) is 6. The van der Waals surface area contributed by atoms with Crippen molar-refractivity contribution in [1.29, 1.82) is 0 Å². The number of benzene rings is 1. The standard InChI is InChI=1S/C28H30N4O2S2/c1-19-12-15-30(16-13-19)25-22(26(33)32-18-20(2)10-11-24(32)29-25)17-23-27(34)31(28(35)36-23)14-6-9-21-7-4-3-5-8-21/h3-5,7-8,10-11,17-19H,6,9,12-16H2,1-2H3. The quantitative estimate of drug-likeness (QED) is 0.335. The van der Waals surface area contributed by atoms with Gasteiger partial charge in [-0.15, -0.1) is 0 Å². The van der Waals surface area contributed by atoms with E-state index in [0.29, 0.717) is 38.7 Å². The van der Waals surface area contributed by atoms with Crippen LogP contribution in [0.15, 0.2) is 58.4 Å². The molecule has 0 saturated carbocycles. The minimum Gasteiger partial charge on any atom is -0.356 e. The number of hydrogen-bond donors (Lipinski definition) is 0. The number of thiocarbonyl (C=S) groups is 1. The first kappa shape index (κ1) is 24.7. The fourth-order valence-electron chi connectivity index (χ4n) is 4.74. The highest BCUT2D eigenvalue weighted by atomic mass is 32.2. The number of nitrogens with zero attached hydrogens (tertiary/aromatic N) is 4. The minimum atomic E-state index is -0.160. The van der Waals surface area contributed by atoms with E-state index < -0.39 is 0 Å². The van der Waals surface area contributed by atoms with Crippen molar-refractivity contribution >= 4 is 51.7 Å². The second-order valence-electron chi connectivity index (χ2n) is 9.68. The Morgan fingerprint density at radius 2 is 1.86 bits per heavy atom. The summed E-state index contributed by atoms with van der Waals surface area (Å²) in [5, 5.41) is 0. The van der Waals surface area contributed by atoms with Gasteiger partial charge in [0.25, 0.3) is 11.5 Å². The zero-order valence-corrected chi connectivity index (χ0v) is 22.3. The van der Waals surface area contributed by atoms with Gasteiger partial charge in [-0.05, 0) is 61.8 Å². The van der Waals surface area contributed by atoms with Crippen molar-refractivity contribution in [2.24, 2.45) is 5.92 Å². The van der Waals surface area contributed by atoms with Gasteiger partial charge in [0.1, 0.15) is 15.8 Å². The molecule has 36 heavy (non-hydrogen) atoms. The summed E-state index contributed by atoms with van der Waals surface area (Å²) in [6.07, 6.45) is 7.33. The average Bonchev–Trinajstić information content (AvgIpc) is 3.14. The largest absolute Gasteiger partial charge is 0.356 e. The number of aryl methyl sites for hydroxylation is 2. The first-order valence-electron chi connectivity index (χ1n) is 12.5. The molecule has 0 unspecified atom stereocenters. The molecule has 2 aliphatic heterocycles. The van der Waals surface area contributed by atoms with Gasteiger partial charge >= 0.3 is 0 Å². The van der Waals surface area contributed by atoms with Crippen molar-refractivity contribution < 1.29 is 4.79 Å². The second-order valence-corrected chi connectivity index (χ2v) is 11.4. The zero-order chi connectivity index (χ0) is 25.2. The summed E-state index contributed by atoms with van der Waals surface area (Å²) in [6, 6.07) is 14.1. The molecular weight excluding hydrogens is 488 g/mol. The molecule has 6 nitrogen and oxygen atoms in total. The Kier molecular flexibility index (Phi) is 7.25. The lowest BCUT2D eigenvalue weighted by Crippen LogP contribution is -2.36. The van der Waals surface area contributed by atoms with Crippen molar-refractivity contribution in [2.75, 3.05) is 24.5 Å². The third-order valence-electron chi connectivity index (χ3n) is 6.91. The molecule has 1 aromatic carbocycles. The molecule has 8 heteroatoms. The monoisotopic (exact) mass is 518 g/mol. The number of rotatable bonds is 6. The molecule has 0 radical (unpaired) electrons. The van der Waals surface area contributed by atoms with Crippen LogP contribution in [0.2, 0.25) is 0 Å². The number of amides is 1. The van der Waals surface area contributed by atoms with Gasteiger partial charge in [-0.25, -0.2) is 4.98 Å². The number of fused-ring (bicyclic) bond motifs is 1. The molecule has 0 N–H and O–H groups in total. The highest BCUT2D eigenvalue weighted by Gasteiger charge is 2.33. The Morgan fingerprint density at radius 1 is 1.11 bits per heavy atom. The Morgan fingerprint density at radius 3 is 2.61 bits per heavy atom. The number of piperidine rings is 1. The van der Waals surface area contributed by atoms with E-state index in [-0.39, 0.29) is 11.5 Å². The van der Waals surface area contributed by atoms with Crippen LogP contribution in [0.4, 0.5) is 5.82 Å². The third-order valence-corrected chi connectivity index (χ3v) is 8.29. The summed E-state index contributed by atoms with van der Waals surface area (Å²) in [5.74, 6) is 1.18. The molecule has 2 fully saturated rings. The molecule has 5 rings (SSSR count). The van der Waals surface area contributed by atoms with Crippen molar-refractivity contribution in [2.45, 2.75) is 39.5 Å². The van der Waals surface area contributed by atoms with E-state index in [9.17, 15) is 9.59 Å². The highest BCUT2D eigenvalue weighted by molar-refractivity contribution is 8.26. The van der Waals surface area contributed by atoms with E-state index in [1.54, 1.807) is 21.6 Å². The number of carbonyl (C=O) groups is 1. The summed E-state index contributed by atoms with van der Waals surface area (Å²) in [6.45, 7) is 6.45. The lowest BCUT2D eigenvalue weighted by molar-refractivity contribution is -0.122. The van der Waals surface area contributed by atoms with E-state index in [0.717, 1.165) is 44.3 Å². The van der Waals surface area contributed by atoms with Crippen LogP contribution in [0, 0.1) is 12.8 Å². The number of aromatic nitrogens is 2. The molecule has 0 aliphatic carbocycles. The topological polar surface area (TPSA) is 57.9 Å². The van der Waals surface area contributed by atoms with Crippen molar-refractivity contribution in [3.63, 3.8) is 0 Å². The van der Waals surface area contributed by atoms with E-state index >= 15 is 0 Å². The summed E-state index contributed by atoms with van der Waals surface area (Å²) in [5.41, 5.74) is 3.13. The van der Waals surface area contributed by atoms with E-state index in [4.69, 9.17) is 17.2 Å². The maximum absolute atomic E-state index is 13.7. The van der Waals surface area contributed by atoms with Crippen LogP contribution < -0.4 is 10.5 Å². The molecule has 3 aromatic rings. The molecule has 2 aromatic heterocycles. The molecule has 0 spiro atoms. The van der Waals surface area contributed by atoms with Gasteiger partial charge in [0.05, 0.1) is 10.5 Å². The van der Waals surface area contributed by atoms with Gasteiger partial charge in [-0.1, -0.05) is 67.3 Å². The summed E-state index contributed by atoms with van der Waals surface area (Å²) < 4.78 is 2.12. The number of pyridine rings is 1. The maximum atomic E-state index is 13.7. The Labute approximate surface area is 221 Å². The van der Waals surface area contributed by atoms with Crippen LogP contribution in [0.25, 0.3) is 11.7 Å². The van der Waals surface area contributed by atoms with Crippen LogP contribution in [0.1, 0.15) is 42.9 Å². The lowest BCUT2D eigenvalue weighted by Gasteiger charge is -2.32. The molecule has 4 heterocycles. The highest BCUT2D eigenvalue weighted by Crippen LogP contribution is 2.34. The molecular formula is C28H30N4O2S2. The predicted molar refractivity (Wildman–Crippen MR) is 151 cm³/mol. The van der Waals surface area contributed by atoms with Crippen LogP contribution in [0.3, 0.4) is 0 Å². The van der Waals surface area contributed by atoms with Crippen molar-refractivity contribution in [3.05, 3.63) is 80.6 Å². The number of thioether (sulfide) groups is 1. The molecule has 1 amide bonds. The predicted octanol–water partition coefficient (Wildman–Crippen LogP) is 5.07. The van der Waals surface area contributed by atoms with Gasteiger partial charge < -0.3 is 4.90 Å². The van der Waals surface area contributed by atoms with E-state index in [1.807, 2.05) is 37.3 Å². The van der Waals surface area contributed by atoms with Gasteiger partial charge in [0, 0.05) is 25.8 Å².